The van der Waals surface area contributed by atoms with Gasteiger partial charge in [0.1, 0.15) is 12.6 Å². The van der Waals surface area contributed by atoms with Crippen LogP contribution < -0.4 is 0 Å². The molecule has 0 radical (unpaired) electrons. The summed E-state index contributed by atoms with van der Waals surface area (Å²) >= 11 is 0. The smallest absolute Gasteiger partial charge is 0.323 e. The summed E-state index contributed by atoms with van der Waals surface area (Å²) in [6.07, 6.45) is 0. The Labute approximate surface area is 195 Å². The maximum Gasteiger partial charge on any atom is 0.323 e. The Balaban J connectivity index is 1.67. The van der Waals surface area contributed by atoms with E-state index in [1.54, 1.807) is 0 Å². The Morgan fingerprint density at radius 3 is 2.22 bits per heavy atom. The van der Waals surface area contributed by atoms with Gasteiger partial charge in [-0.05, 0) is 36.2 Å². The molecule has 0 amide bonds. The van der Waals surface area contributed by atoms with Gasteiger partial charge in [-0.25, -0.2) is 0 Å². The van der Waals surface area contributed by atoms with E-state index in [2.05, 4.69) is 69.1 Å². The zero-order valence-electron chi connectivity index (χ0n) is 20.5. The average molecular weight is 454 g/mol. The van der Waals surface area contributed by atoms with Crippen LogP contribution in [-0.4, -0.2) is 44.9 Å². The molecular weight excluding hydrogens is 414 g/mol. The molecule has 0 aromatic heterocycles. The third kappa shape index (κ3) is 6.09. The fourth-order valence-corrected chi connectivity index (χ4v) is 5.06. The molecule has 4 nitrogen and oxygen atoms in total. The largest absolute Gasteiger partial charge is 0.460 e. The number of hydrogen-bond acceptors (Lipinski definition) is 4. The molecule has 0 aliphatic carbocycles. The average Bonchev–Trinajstić information content (AvgIpc) is 3.20. The molecule has 0 spiro atoms. The van der Waals surface area contributed by atoms with Crippen molar-refractivity contribution in [2.45, 2.75) is 64.4 Å². The lowest BCUT2D eigenvalue weighted by atomic mass is 9.90. The first kappa shape index (κ1) is 24.7. The summed E-state index contributed by atoms with van der Waals surface area (Å²) in [4.78, 5) is 15.1. The van der Waals surface area contributed by atoms with E-state index in [4.69, 9.17) is 9.16 Å². The van der Waals surface area contributed by atoms with Gasteiger partial charge >= 0.3 is 5.97 Å². The van der Waals surface area contributed by atoms with E-state index in [0.717, 1.165) is 25.3 Å². The normalized spacial score (nSPS) is 20.8. The number of carbonyl (C=O) groups is 1. The Bertz CT molecular complexity index is 863. The molecule has 1 heterocycles. The van der Waals surface area contributed by atoms with Crippen LogP contribution in [0.5, 0.6) is 0 Å². The van der Waals surface area contributed by atoms with E-state index in [-0.39, 0.29) is 17.0 Å². The molecule has 1 aliphatic heterocycles. The zero-order chi connectivity index (χ0) is 23.4. The van der Waals surface area contributed by atoms with Crippen molar-refractivity contribution in [1.82, 2.24) is 4.90 Å². The van der Waals surface area contributed by atoms with E-state index in [0.29, 0.717) is 18.4 Å². The van der Waals surface area contributed by atoms with Crippen LogP contribution in [0.15, 0.2) is 60.7 Å². The lowest BCUT2D eigenvalue weighted by Gasteiger charge is -2.37. The van der Waals surface area contributed by atoms with Gasteiger partial charge in [0, 0.05) is 31.5 Å². The molecule has 2 aromatic rings. The van der Waals surface area contributed by atoms with Crippen LogP contribution >= 0.6 is 0 Å². The molecule has 0 bridgehead atoms. The second kappa shape index (κ2) is 10.3. The Morgan fingerprint density at radius 1 is 1.03 bits per heavy atom. The van der Waals surface area contributed by atoms with Crippen molar-refractivity contribution in [3.8, 4) is 0 Å². The molecule has 5 heteroatoms. The number of hydrogen-bond donors (Lipinski definition) is 0. The van der Waals surface area contributed by atoms with Crippen molar-refractivity contribution in [3.63, 3.8) is 0 Å². The van der Waals surface area contributed by atoms with Crippen molar-refractivity contribution >= 4 is 14.3 Å². The van der Waals surface area contributed by atoms with Crippen molar-refractivity contribution in [3.05, 3.63) is 71.8 Å². The zero-order valence-corrected chi connectivity index (χ0v) is 21.5. The number of ether oxygens (including phenoxy) is 1. The molecule has 0 saturated carbocycles. The third-order valence-electron chi connectivity index (χ3n) is 7.27. The van der Waals surface area contributed by atoms with Crippen LogP contribution in [0.2, 0.25) is 18.1 Å². The highest BCUT2D eigenvalue weighted by Crippen LogP contribution is 2.39. The number of rotatable bonds is 8. The lowest BCUT2D eigenvalue weighted by Crippen LogP contribution is -2.43. The lowest BCUT2D eigenvalue weighted by molar-refractivity contribution is -0.150. The monoisotopic (exact) mass is 453 g/mol. The predicted molar refractivity (Wildman–Crippen MR) is 133 cm³/mol. The van der Waals surface area contributed by atoms with Gasteiger partial charge in [-0.2, -0.15) is 0 Å². The fraction of sp³-hybridized carbons (Fsp3) is 0.519. The summed E-state index contributed by atoms with van der Waals surface area (Å²) in [5.74, 6) is 0.549. The summed E-state index contributed by atoms with van der Waals surface area (Å²) in [6.45, 7) is 16.1. The van der Waals surface area contributed by atoms with Crippen molar-refractivity contribution in [2.75, 3.05) is 19.7 Å². The molecule has 32 heavy (non-hydrogen) atoms. The molecule has 3 atom stereocenters. The van der Waals surface area contributed by atoms with E-state index in [1.807, 2.05) is 37.3 Å². The third-order valence-corrected chi connectivity index (χ3v) is 11.8. The van der Waals surface area contributed by atoms with E-state index >= 15 is 0 Å². The standard InChI is InChI=1S/C27H39NO3Si/c1-21(26(29)30-19-22-13-9-7-10-14-22)28-17-24(20-31-32(5,6)27(2,3)4)25(18-28)23-15-11-8-12-16-23/h7-16,21,24-25H,17-20H2,1-6H3/t21-,24-,25-/m1/s1. The summed E-state index contributed by atoms with van der Waals surface area (Å²) in [7, 11) is -1.83. The van der Waals surface area contributed by atoms with Crippen LogP contribution in [-0.2, 0) is 20.6 Å². The van der Waals surface area contributed by atoms with Crippen LogP contribution in [0.1, 0.15) is 44.7 Å². The highest BCUT2D eigenvalue weighted by atomic mass is 28.4. The number of nitrogens with zero attached hydrogens (tertiary/aromatic N) is 1. The number of carbonyl (C=O) groups excluding carboxylic acids is 1. The van der Waals surface area contributed by atoms with Crippen LogP contribution in [0.4, 0.5) is 0 Å². The van der Waals surface area contributed by atoms with Crippen molar-refractivity contribution < 1.29 is 14.0 Å². The molecule has 0 N–H and O–H groups in total. The van der Waals surface area contributed by atoms with Crippen molar-refractivity contribution in [2.24, 2.45) is 5.92 Å². The second-order valence-corrected chi connectivity index (χ2v) is 15.4. The number of esters is 1. The van der Waals surface area contributed by atoms with Gasteiger partial charge in [0.2, 0.25) is 0 Å². The molecule has 1 saturated heterocycles. The van der Waals surface area contributed by atoms with Gasteiger partial charge in [0.15, 0.2) is 8.32 Å². The van der Waals surface area contributed by atoms with Gasteiger partial charge < -0.3 is 9.16 Å². The minimum absolute atomic E-state index is 0.161. The molecule has 174 valence electrons. The first-order chi connectivity index (χ1) is 15.1. The minimum Gasteiger partial charge on any atom is -0.460 e. The van der Waals surface area contributed by atoms with E-state index in [1.165, 1.54) is 5.56 Å². The molecule has 3 rings (SSSR count). The molecule has 2 aromatic carbocycles. The topological polar surface area (TPSA) is 38.8 Å². The SMILES string of the molecule is C[C@H](C(=O)OCc1ccccc1)N1C[C@H](CO[Si](C)(C)C(C)(C)C)[C@@H](c2ccccc2)C1. The quantitative estimate of drug-likeness (QED) is 0.371. The van der Waals surface area contributed by atoms with Gasteiger partial charge in [0.05, 0.1) is 0 Å². The Kier molecular flexibility index (Phi) is 7.96. The summed E-state index contributed by atoms with van der Waals surface area (Å²) in [6, 6.07) is 20.2. The maximum atomic E-state index is 12.8. The first-order valence-corrected chi connectivity index (χ1v) is 14.6. The molecule has 1 fully saturated rings. The molecular formula is C27H39NO3Si. The maximum absolute atomic E-state index is 12.8. The molecule has 1 aliphatic rings. The minimum atomic E-state index is -1.83. The van der Waals surface area contributed by atoms with Gasteiger partial charge in [-0.3, -0.25) is 9.69 Å². The van der Waals surface area contributed by atoms with Gasteiger partial charge in [-0.15, -0.1) is 0 Å². The Hall–Kier alpha value is -1.95. The second-order valence-electron chi connectivity index (χ2n) is 10.6. The number of benzene rings is 2. The van der Waals surface area contributed by atoms with Crippen LogP contribution in [0.25, 0.3) is 0 Å². The van der Waals surface area contributed by atoms with Crippen LogP contribution in [0, 0.1) is 5.92 Å². The first-order valence-electron chi connectivity index (χ1n) is 11.7. The summed E-state index contributed by atoms with van der Waals surface area (Å²) in [5.41, 5.74) is 2.33. The summed E-state index contributed by atoms with van der Waals surface area (Å²) in [5, 5.41) is 0.183. The summed E-state index contributed by atoms with van der Waals surface area (Å²) < 4.78 is 12.3. The van der Waals surface area contributed by atoms with Gasteiger partial charge in [-0.1, -0.05) is 81.4 Å². The predicted octanol–water partition coefficient (Wildman–Crippen LogP) is 5.86. The van der Waals surface area contributed by atoms with Crippen molar-refractivity contribution in [1.29, 1.82) is 0 Å². The number of likely N-dealkylation sites (tertiary alicyclic amines) is 1. The van der Waals surface area contributed by atoms with Gasteiger partial charge in [0.25, 0.3) is 0 Å². The molecule has 0 unspecified atom stereocenters. The highest BCUT2D eigenvalue weighted by Gasteiger charge is 2.42. The van der Waals surface area contributed by atoms with Crippen LogP contribution in [0.3, 0.4) is 0 Å². The van der Waals surface area contributed by atoms with E-state index in [9.17, 15) is 4.79 Å². The highest BCUT2D eigenvalue weighted by molar-refractivity contribution is 6.74. The fourth-order valence-electron chi connectivity index (χ4n) is 4.00. The van der Waals surface area contributed by atoms with E-state index < -0.39 is 8.32 Å². The Morgan fingerprint density at radius 2 is 1.62 bits per heavy atom.